The van der Waals surface area contributed by atoms with Crippen molar-refractivity contribution in [1.82, 2.24) is 0 Å². The van der Waals surface area contributed by atoms with Crippen molar-refractivity contribution in [3.63, 3.8) is 0 Å². The predicted molar refractivity (Wildman–Crippen MR) is 76.3 cm³/mol. The van der Waals surface area contributed by atoms with E-state index in [0.29, 0.717) is 21.3 Å². The third kappa shape index (κ3) is 3.38. The van der Waals surface area contributed by atoms with Crippen LogP contribution in [0, 0.1) is 5.82 Å². The molecule has 0 aliphatic rings. The molecular formula is C14H12Cl2FNO. The van der Waals surface area contributed by atoms with Gasteiger partial charge in [-0.1, -0.05) is 41.4 Å². The summed E-state index contributed by atoms with van der Waals surface area (Å²) in [6.45, 7) is -0.213. The zero-order valence-electron chi connectivity index (χ0n) is 9.91. The molecule has 0 aromatic heterocycles. The normalized spacial score (nSPS) is 12.2. The summed E-state index contributed by atoms with van der Waals surface area (Å²) >= 11 is 11.9. The van der Waals surface area contributed by atoms with Crippen molar-refractivity contribution < 1.29 is 9.50 Å². The highest BCUT2D eigenvalue weighted by Crippen LogP contribution is 2.29. The Kier molecular flexibility index (Phi) is 4.64. The lowest BCUT2D eigenvalue weighted by Crippen LogP contribution is -2.16. The largest absolute Gasteiger partial charge is 0.394 e. The van der Waals surface area contributed by atoms with Gasteiger partial charge >= 0.3 is 0 Å². The average molecular weight is 300 g/mol. The Labute approximate surface area is 120 Å². The molecule has 2 aromatic rings. The van der Waals surface area contributed by atoms with Gasteiger partial charge in [-0.3, -0.25) is 0 Å². The van der Waals surface area contributed by atoms with Crippen LogP contribution in [0.15, 0.2) is 42.5 Å². The highest BCUT2D eigenvalue weighted by atomic mass is 35.5. The quantitative estimate of drug-likeness (QED) is 0.883. The second-order valence-electron chi connectivity index (χ2n) is 4.03. The van der Waals surface area contributed by atoms with Crippen molar-refractivity contribution in [2.75, 3.05) is 11.9 Å². The molecule has 0 fully saturated rings. The predicted octanol–water partition coefficient (Wildman–Crippen LogP) is 4.28. The average Bonchev–Trinajstić information content (AvgIpc) is 2.39. The van der Waals surface area contributed by atoms with Gasteiger partial charge in [-0.25, -0.2) is 4.39 Å². The van der Waals surface area contributed by atoms with Crippen molar-refractivity contribution in [1.29, 1.82) is 0 Å². The molecule has 1 atom stereocenters. The zero-order chi connectivity index (χ0) is 13.8. The Morgan fingerprint density at radius 2 is 1.89 bits per heavy atom. The number of para-hydroxylation sites is 1. The van der Waals surface area contributed by atoms with Crippen molar-refractivity contribution in [3.05, 3.63) is 63.9 Å². The van der Waals surface area contributed by atoms with Gasteiger partial charge in [0.2, 0.25) is 0 Å². The lowest BCUT2D eigenvalue weighted by molar-refractivity contribution is 0.276. The Morgan fingerprint density at radius 1 is 1.16 bits per heavy atom. The van der Waals surface area contributed by atoms with Crippen LogP contribution in [0.3, 0.4) is 0 Å². The number of rotatable bonds is 4. The van der Waals surface area contributed by atoms with Gasteiger partial charge in [-0.05, 0) is 29.8 Å². The Balaban J connectivity index is 2.28. The van der Waals surface area contributed by atoms with Crippen LogP contribution in [0.5, 0.6) is 0 Å². The van der Waals surface area contributed by atoms with Crippen molar-refractivity contribution >= 4 is 28.9 Å². The van der Waals surface area contributed by atoms with E-state index in [2.05, 4.69) is 5.32 Å². The molecule has 19 heavy (non-hydrogen) atoms. The summed E-state index contributed by atoms with van der Waals surface area (Å²) in [5, 5.41) is 13.3. The van der Waals surface area contributed by atoms with E-state index >= 15 is 0 Å². The first-order valence-electron chi connectivity index (χ1n) is 5.68. The van der Waals surface area contributed by atoms with Crippen LogP contribution in [0.4, 0.5) is 10.1 Å². The van der Waals surface area contributed by atoms with Gasteiger partial charge in [0.25, 0.3) is 0 Å². The van der Waals surface area contributed by atoms with E-state index in [1.807, 2.05) is 0 Å². The zero-order valence-corrected chi connectivity index (χ0v) is 11.4. The summed E-state index contributed by atoms with van der Waals surface area (Å²) < 4.78 is 13.6. The van der Waals surface area contributed by atoms with Gasteiger partial charge in [0.05, 0.1) is 18.3 Å². The first-order valence-corrected chi connectivity index (χ1v) is 6.44. The molecule has 0 saturated heterocycles. The van der Waals surface area contributed by atoms with Gasteiger partial charge in [0.15, 0.2) is 0 Å². The molecule has 0 aliphatic carbocycles. The van der Waals surface area contributed by atoms with Gasteiger partial charge in [-0.15, -0.1) is 0 Å². The maximum Gasteiger partial charge on any atom is 0.146 e. The molecule has 2 aromatic carbocycles. The first kappa shape index (κ1) is 14.1. The fourth-order valence-electron chi connectivity index (χ4n) is 1.77. The van der Waals surface area contributed by atoms with Crippen molar-refractivity contribution in [2.24, 2.45) is 0 Å². The summed E-state index contributed by atoms with van der Waals surface area (Å²) in [7, 11) is 0. The minimum absolute atomic E-state index is 0.213. The van der Waals surface area contributed by atoms with E-state index in [4.69, 9.17) is 23.2 Å². The number of hydrogen-bond acceptors (Lipinski definition) is 2. The van der Waals surface area contributed by atoms with Gasteiger partial charge in [0.1, 0.15) is 5.82 Å². The minimum Gasteiger partial charge on any atom is -0.394 e. The molecule has 1 unspecified atom stereocenters. The summed E-state index contributed by atoms with van der Waals surface area (Å²) in [6, 6.07) is 10.7. The Bertz CT molecular complexity index is 577. The van der Waals surface area contributed by atoms with E-state index < -0.39 is 6.04 Å². The third-order valence-corrected chi connectivity index (χ3v) is 3.29. The maximum atomic E-state index is 13.6. The second kappa shape index (κ2) is 6.24. The molecule has 5 heteroatoms. The highest BCUT2D eigenvalue weighted by Gasteiger charge is 2.15. The number of aliphatic hydroxyl groups excluding tert-OH is 1. The molecule has 0 amide bonds. The SMILES string of the molecule is OCC(Nc1ccccc1F)c1ccc(Cl)cc1Cl. The van der Waals surface area contributed by atoms with Crippen LogP contribution < -0.4 is 5.32 Å². The Morgan fingerprint density at radius 3 is 2.53 bits per heavy atom. The lowest BCUT2D eigenvalue weighted by atomic mass is 10.1. The van der Waals surface area contributed by atoms with E-state index in [1.54, 1.807) is 36.4 Å². The molecular weight excluding hydrogens is 288 g/mol. The van der Waals surface area contributed by atoms with E-state index in [9.17, 15) is 9.50 Å². The third-order valence-electron chi connectivity index (χ3n) is 2.72. The molecule has 0 saturated carbocycles. The number of hydrogen-bond donors (Lipinski definition) is 2. The molecule has 2 rings (SSSR count). The van der Waals surface area contributed by atoms with E-state index in [1.165, 1.54) is 6.07 Å². The number of benzene rings is 2. The van der Waals surface area contributed by atoms with Crippen LogP contribution in [0.2, 0.25) is 10.0 Å². The number of nitrogens with one attached hydrogen (secondary N) is 1. The first-order chi connectivity index (χ1) is 9.11. The van der Waals surface area contributed by atoms with Crippen molar-refractivity contribution in [2.45, 2.75) is 6.04 Å². The molecule has 2 N–H and O–H groups in total. The Hall–Kier alpha value is -1.29. The fraction of sp³-hybridized carbons (Fsp3) is 0.143. The maximum absolute atomic E-state index is 13.6. The fourth-order valence-corrected chi connectivity index (χ4v) is 2.31. The number of halogens is 3. The van der Waals surface area contributed by atoms with Crippen LogP contribution >= 0.6 is 23.2 Å². The summed E-state index contributed by atoms with van der Waals surface area (Å²) in [4.78, 5) is 0. The van der Waals surface area contributed by atoms with Gasteiger partial charge in [-0.2, -0.15) is 0 Å². The lowest BCUT2D eigenvalue weighted by Gasteiger charge is -2.19. The molecule has 0 spiro atoms. The molecule has 0 aliphatic heterocycles. The molecule has 0 heterocycles. The smallest absolute Gasteiger partial charge is 0.146 e. The van der Waals surface area contributed by atoms with Crippen LogP contribution in [0.25, 0.3) is 0 Å². The van der Waals surface area contributed by atoms with E-state index in [0.717, 1.165) is 0 Å². The summed E-state index contributed by atoms with van der Waals surface area (Å²) in [6.07, 6.45) is 0. The van der Waals surface area contributed by atoms with Crippen LogP contribution in [0.1, 0.15) is 11.6 Å². The summed E-state index contributed by atoms with van der Waals surface area (Å²) in [5.74, 6) is -0.383. The number of anilines is 1. The minimum atomic E-state index is -0.498. The number of aliphatic hydroxyl groups is 1. The molecule has 2 nitrogen and oxygen atoms in total. The van der Waals surface area contributed by atoms with Gasteiger partial charge < -0.3 is 10.4 Å². The topological polar surface area (TPSA) is 32.3 Å². The molecule has 0 radical (unpaired) electrons. The molecule has 0 bridgehead atoms. The van der Waals surface area contributed by atoms with Crippen molar-refractivity contribution in [3.8, 4) is 0 Å². The highest BCUT2D eigenvalue weighted by molar-refractivity contribution is 6.35. The second-order valence-corrected chi connectivity index (χ2v) is 4.87. The van der Waals surface area contributed by atoms with E-state index in [-0.39, 0.29) is 12.4 Å². The standard InChI is InChI=1S/C14H12Cl2FNO/c15-9-5-6-10(11(16)7-9)14(8-19)18-13-4-2-1-3-12(13)17/h1-7,14,18-19H,8H2. The van der Waals surface area contributed by atoms with Crippen LogP contribution in [-0.4, -0.2) is 11.7 Å². The van der Waals surface area contributed by atoms with Crippen LogP contribution in [-0.2, 0) is 0 Å². The molecule has 100 valence electrons. The monoisotopic (exact) mass is 299 g/mol. The summed E-state index contributed by atoms with van der Waals surface area (Å²) in [5.41, 5.74) is 0.976. The van der Waals surface area contributed by atoms with Gasteiger partial charge in [0, 0.05) is 10.0 Å².